The van der Waals surface area contributed by atoms with Gasteiger partial charge in [0.25, 0.3) is 5.91 Å². The average molecular weight is 387 g/mol. The van der Waals surface area contributed by atoms with Crippen molar-refractivity contribution in [3.8, 4) is 0 Å². The van der Waals surface area contributed by atoms with E-state index in [9.17, 15) is 4.79 Å². The molecule has 2 atom stereocenters. The van der Waals surface area contributed by atoms with E-state index < -0.39 is 0 Å². The minimum absolute atomic E-state index is 0.0444. The van der Waals surface area contributed by atoms with Gasteiger partial charge in [0, 0.05) is 31.9 Å². The van der Waals surface area contributed by atoms with E-state index in [4.69, 9.17) is 9.26 Å². The molecule has 0 radical (unpaired) electrons. The fourth-order valence-corrected chi connectivity index (χ4v) is 4.43. The highest BCUT2D eigenvalue weighted by molar-refractivity contribution is 5.96. The first kappa shape index (κ1) is 19.1. The van der Waals surface area contributed by atoms with E-state index in [2.05, 4.69) is 15.2 Å². The Balaban J connectivity index is 1.64. The molecule has 0 N–H and O–H groups in total. The number of ether oxygens (including phenoxy) is 1. The molecule has 2 aromatic heterocycles. The predicted molar refractivity (Wildman–Crippen MR) is 103 cm³/mol. The summed E-state index contributed by atoms with van der Waals surface area (Å²) in [6.07, 6.45) is 7.50. The maximum atomic E-state index is 13.5. The Kier molecular flexibility index (Phi) is 5.50. The van der Waals surface area contributed by atoms with Gasteiger partial charge in [-0.1, -0.05) is 11.6 Å². The van der Waals surface area contributed by atoms with Crippen LogP contribution in [0.3, 0.4) is 0 Å². The molecule has 152 valence electrons. The molecule has 8 nitrogen and oxygen atoms in total. The van der Waals surface area contributed by atoms with Gasteiger partial charge in [-0.25, -0.2) is 0 Å². The number of morpholine rings is 1. The molecule has 8 heteroatoms. The summed E-state index contributed by atoms with van der Waals surface area (Å²) in [6.45, 7) is 7.69. The largest absolute Gasteiger partial charge is 0.373 e. The van der Waals surface area contributed by atoms with Gasteiger partial charge in [-0.15, -0.1) is 0 Å². The highest BCUT2D eigenvalue weighted by atomic mass is 16.5. The molecule has 2 saturated heterocycles. The van der Waals surface area contributed by atoms with Gasteiger partial charge in [0.2, 0.25) is 0 Å². The standard InChI is InChI=1S/C20H29N5O3/c1-14-18(15(2)28-22-14)20(26)25-9-10-27-17(13-24-7-5-4-6-8-24)19(25)16-11-21-23(3)12-16/h11-12,17,19H,4-10,13H2,1-3H3/t17-,19-/m0/s1. The summed E-state index contributed by atoms with van der Waals surface area (Å²) < 4.78 is 13.2. The summed E-state index contributed by atoms with van der Waals surface area (Å²) in [7, 11) is 1.90. The third-order valence-corrected chi connectivity index (χ3v) is 5.81. The molecule has 0 spiro atoms. The fraction of sp³-hybridized carbons (Fsp3) is 0.650. The zero-order valence-corrected chi connectivity index (χ0v) is 16.9. The van der Waals surface area contributed by atoms with Crippen molar-refractivity contribution < 1.29 is 14.1 Å². The van der Waals surface area contributed by atoms with Crippen molar-refractivity contribution in [3.63, 3.8) is 0 Å². The maximum absolute atomic E-state index is 13.5. The summed E-state index contributed by atoms with van der Waals surface area (Å²) in [5, 5.41) is 8.31. The minimum atomic E-state index is -0.175. The van der Waals surface area contributed by atoms with E-state index in [1.54, 1.807) is 11.6 Å². The van der Waals surface area contributed by atoms with Gasteiger partial charge in [0.1, 0.15) is 11.3 Å². The number of hydrogen-bond donors (Lipinski definition) is 0. The quantitative estimate of drug-likeness (QED) is 0.800. The number of likely N-dealkylation sites (tertiary alicyclic amines) is 1. The number of carbonyl (C=O) groups is 1. The summed E-state index contributed by atoms with van der Waals surface area (Å²) in [5.74, 6) is 0.517. The second-order valence-corrected chi connectivity index (χ2v) is 7.86. The topological polar surface area (TPSA) is 76.6 Å². The van der Waals surface area contributed by atoms with Crippen LogP contribution in [-0.4, -0.2) is 69.5 Å². The van der Waals surface area contributed by atoms with Crippen molar-refractivity contribution in [2.45, 2.75) is 45.3 Å². The average Bonchev–Trinajstić information content (AvgIpc) is 3.27. The van der Waals surface area contributed by atoms with Crippen LogP contribution in [0.1, 0.15) is 52.7 Å². The minimum Gasteiger partial charge on any atom is -0.373 e. The first-order valence-electron chi connectivity index (χ1n) is 10.1. The molecule has 0 aliphatic carbocycles. The van der Waals surface area contributed by atoms with Gasteiger partial charge in [0.15, 0.2) is 0 Å². The summed E-state index contributed by atoms with van der Waals surface area (Å²) >= 11 is 0. The highest BCUT2D eigenvalue weighted by Crippen LogP contribution is 2.32. The molecule has 2 aromatic rings. The number of amides is 1. The van der Waals surface area contributed by atoms with Crippen LogP contribution in [0.5, 0.6) is 0 Å². The van der Waals surface area contributed by atoms with Crippen LogP contribution < -0.4 is 0 Å². The van der Waals surface area contributed by atoms with Crippen molar-refractivity contribution in [2.24, 2.45) is 7.05 Å². The molecule has 2 fully saturated rings. The van der Waals surface area contributed by atoms with E-state index in [-0.39, 0.29) is 18.1 Å². The van der Waals surface area contributed by atoms with Crippen LogP contribution >= 0.6 is 0 Å². The number of rotatable bonds is 4. The van der Waals surface area contributed by atoms with Gasteiger partial charge in [-0.3, -0.25) is 9.48 Å². The molecule has 0 aromatic carbocycles. The second kappa shape index (κ2) is 8.05. The lowest BCUT2D eigenvalue weighted by atomic mass is 9.98. The van der Waals surface area contributed by atoms with Crippen LogP contribution in [0, 0.1) is 13.8 Å². The summed E-state index contributed by atoms with van der Waals surface area (Å²) in [5.41, 5.74) is 2.20. The number of piperidine rings is 1. The van der Waals surface area contributed by atoms with Crippen molar-refractivity contribution >= 4 is 5.91 Å². The van der Waals surface area contributed by atoms with Crippen molar-refractivity contribution in [1.29, 1.82) is 0 Å². The van der Waals surface area contributed by atoms with Gasteiger partial charge in [0.05, 0.1) is 30.6 Å². The molecule has 0 saturated carbocycles. The monoisotopic (exact) mass is 387 g/mol. The molecule has 28 heavy (non-hydrogen) atoms. The molecule has 2 aliphatic heterocycles. The maximum Gasteiger partial charge on any atom is 0.260 e. The Hall–Kier alpha value is -2.19. The van der Waals surface area contributed by atoms with Crippen molar-refractivity contribution in [2.75, 3.05) is 32.8 Å². The predicted octanol–water partition coefficient (Wildman–Crippen LogP) is 2.09. The number of hydrogen-bond acceptors (Lipinski definition) is 6. The highest BCUT2D eigenvalue weighted by Gasteiger charge is 2.39. The molecular formula is C20H29N5O3. The van der Waals surface area contributed by atoms with E-state index in [1.807, 2.05) is 31.3 Å². The van der Waals surface area contributed by atoms with Crippen LogP contribution in [0.2, 0.25) is 0 Å². The van der Waals surface area contributed by atoms with Crippen molar-refractivity contribution in [3.05, 3.63) is 35.0 Å². The van der Waals surface area contributed by atoms with E-state index in [0.29, 0.717) is 30.2 Å². The van der Waals surface area contributed by atoms with E-state index in [0.717, 1.165) is 25.2 Å². The molecule has 0 unspecified atom stereocenters. The number of carbonyl (C=O) groups excluding carboxylic acids is 1. The Morgan fingerprint density at radius 3 is 2.64 bits per heavy atom. The molecule has 0 bridgehead atoms. The Morgan fingerprint density at radius 1 is 1.21 bits per heavy atom. The molecule has 2 aliphatic rings. The second-order valence-electron chi connectivity index (χ2n) is 7.86. The zero-order chi connectivity index (χ0) is 19.7. The van der Waals surface area contributed by atoms with E-state index >= 15 is 0 Å². The lowest BCUT2D eigenvalue weighted by Crippen LogP contribution is -2.52. The van der Waals surface area contributed by atoms with E-state index in [1.165, 1.54) is 19.3 Å². The normalized spacial score (nSPS) is 23.9. The third-order valence-electron chi connectivity index (χ3n) is 5.81. The SMILES string of the molecule is Cc1noc(C)c1C(=O)N1CCO[C@@H](CN2CCCCC2)[C@@H]1c1cnn(C)c1. The molecule has 4 heterocycles. The third kappa shape index (κ3) is 3.71. The smallest absolute Gasteiger partial charge is 0.260 e. The van der Waals surface area contributed by atoms with Gasteiger partial charge in [-0.2, -0.15) is 5.10 Å². The lowest BCUT2D eigenvalue weighted by Gasteiger charge is -2.43. The van der Waals surface area contributed by atoms with Crippen LogP contribution in [0.4, 0.5) is 0 Å². The Morgan fingerprint density at radius 2 is 2.00 bits per heavy atom. The van der Waals surface area contributed by atoms with Gasteiger partial charge < -0.3 is 19.1 Å². The van der Waals surface area contributed by atoms with Crippen LogP contribution in [-0.2, 0) is 11.8 Å². The zero-order valence-electron chi connectivity index (χ0n) is 16.9. The Bertz CT molecular complexity index is 804. The number of nitrogens with zero attached hydrogens (tertiary/aromatic N) is 5. The van der Waals surface area contributed by atoms with Gasteiger partial charge in [-0.05, 0) is 39.8 Å². The van der Waals surface area contributed by atoms with Crippen LogP contribution in [0.25, 0.3) is 0 Å². The molecule has 4 rings (SSSR count). The fourth-order valence-electron chi connectivity index (χ4n) is 4.43. The number of aryl methyl sites for hydroxylation is 3. The first-order chi connectivity index (χ1) is 13.5. The lowest BCUT2D eigenvalue weighted by molar-refractivity contribution is -0.0742. The Labute approximate surface area is 165 Å². The summed E-state index contributed by atoms with van der Waals surface area (Å²) in [6, 6.07) is -0.175. The summed E-state index contributed by atoms with van der Waals surface area (Å²) in [4.78, 5) is 17.8. The van der Waals surface area contributed by atoms with Crippen LogP contribution in [0.15, 0.2) is 16.9 Å². The van der Waals surface area contributed by atoms with Crippen molar-refractivity contribution in [1.82, 2.24) is 24.7 Å². The molecule has 1 amide bonds. The number of aromatic nitrogens is 3. The molecular weight excluding hydrogens is 358 g/mol. The van der Waals surface area contributed by atoms with Gasteiger partial charge >= 0.3 is 0 Å². The first-order valence-corrected chi connectivity index (χ1v) is 10.1.